The predicted octanol–water partition coefficient (Wildman–Crippen LogP) is 3.99. The molecule has 2 aromatic heterocycles. The highest BCUT2D eigenvalue weighted by atomic mass is 19.4. The van der Waals surface area contributed by atoms with Gasteiger partial charge in [0, 0.05) is 6.07 Å². The largest absolute Gasteiger partial charge is 0.493 e. The molecule has 2 aromatic carbocycles. The molecule has 0 saturated heterocycles. The van der Waals surface area contributed by atoms with E-state index in [0.717, 1.165) is 0 Å². The maximum Gasteiger partial charge on any atom is 0.490 e. The van der Waals surface area contributed by atoms with E-state index in [1.54, 1.807) is 39.5 Å². The number of fused-ring (bicyclic) bond motifs is 2. The molecular formula is C22H20F3N5O6. The van der Waals surface area contributed by atoms with Crippen molar-refractivity contribution < 1.29 is 42.4 Å². The molecule has 4 rings (SSSR count). The monoisotopic (exact) mass is 507 g/mol. The fourth-order valence-corrected chi connectivity index (χ4v) is 3.21. The molecule has 14 heteroatoms. The normalized spacial score (nSPS) is 11.0. The van der Waals surface area contributed by atoms with Gasteiger partial charge in [0.1, 0.15) is 0 Å². The summed E-state index contributed by atoms with van der Waals surface area (Å²) in [5.74, 6) is -0.966. The number of carboxylic acids is 1. The van der Waals surface area contributed by atoms with Crippen LogP contribution in [-0.2, 0) is 4.79 Å². The first-order valence-corrected chi connectivity index (χ1v) is 10.00. The molecule has 0 bridgehead atoms. The number of rotatable bonds is 5. The average Bonchev–Trinajstić information content (AvgIpc) is 2.82. The first-order chi connectivity index (χ1) is 17.0. The summed E-state index contributed by atoms with van der Waals surface area (Å²) in [4.78, 5) is 26.4. The number of aromatic hydroxyl groups is 1. The Morgan fingerprint density at radius 3 is 2.08 bits per heavy atom. The topological polar surface area (TPSA) is 149 Å². The number of benzene rings is 2. The third-order valence-corrected chi connectivity index (χ3v) is 4.72. The van der Waals surface area contributed by atoms with Gasteiger partial charge in [-0.15, -0.1) is 0 Å². The number of anilines is 2. The smallest absolute Gasteiger partial charge is 0.490 e. The zero-order chi connectivity index (χ0) is 26.6. The third kappa shape index (κ3) is 5.37. The Morgan fingerprint density at radius 2 is 1.50 bits per heavy atom. The maximum absolute atomic E-state index is 10.6. The van der Waals surface area contributed by atoms with Gasteiger partial charge in [-0.2, -0.15) is 18.2 Å². The Bertz CT molecular complexity index is 1430. The first-order valence-electron chi connectivity index (χ1n) is 10.00. The van der Waals surface area contributed by atoms with E-state index in [0.29, 0.717) is 44.7 Å². The second-order valence-corrected chi connectivity index (χ2v) is 6.99. The summed E-state index contributed by atoms with van der Waals surface area (Å²) in [6.45, 7) is 1.84. The number of nitrogens with zero attached hydrogens (tertiary/aromatic N) is 4. The molecule has 0 fully saturated rings. The Labute approximate surface area is 201 Å². The third-order valence-electron chi connectivity index (χ3n) is 4.72. The minimum Gasteiger partial charge on any atom is -0.493 e. The van der Waals surface area contributed by atoms with E-state index in [1.807, 2.05) is 19.1 Å². The first kappa shape index (κ1) is 26.0. The van der Waals surface area contributed by atoms with E-state index < -0.39 is 12.1 Å². The van der Waals surface area contributed by atoms with Gasteiger partial charge in [-0.1, -0.05) is 12.1 Å². The van der Waals surface area contributed by atoms with E-state index in [-0.39, 0.29) is 17.8 Å². The van der Waals surface area contributed by atoms with E-state index in [2.05, 4.69) is 25.3 Å². The van der Waals surface area contributed by atoms with Crippen LogP contribution in [0.4, 0.5) is 25.1 Å². The molecule has 4 aromatic rings. The van der Waals surface area contributed by atoms with Crippen LogP contribution >= 0.6 is 0 Å². The molecule has 0 aliphatic rings. The van der Waals surface area contributed by atoms with Crippen LogP contribution in [0.5, 0.6) is 23.1 Å². The van der Waals surface area contributed by atoms with Crippen LogP contribution in [-0.4, -0.2) is 63.6 Å². The van der Waals surface area contributed by atoms with Gasteiger partial charge in [-0.3, -0.25) is 5.32 Å². The fraction of sp³-hybridized carbons (Fsp3) is 0.227. The van der Waals surface area contributed by atoms with E-state index in [9.17, 15) is 18.3 Å². The number of carboxylic acid groups (broad SMARTS) is 1. The fourth-order valence-electron chi connectivity index (χ4n) is 3.21. The minimum atomic E-state index is -5.08. The number of para-hydroxylation sites is 1. The number of aliphatic carboxylic acids is 1. The summed E-state index contributed by atoms with van der Waals surface area (Å²) in [6.07, 6.45) is -5.08. The highest BCUT2D eigenvalue weighted by Crippen LogP contribution is 2.44. The Kier molecular flexibility index (Phi) is 7.46. The number of carbonyl (C=O) groups is 1. The number of hydrogen-bond donors (Lipinski definition) is 3. The molecule has 0 spiro atoms. The Balaban J connectivity index is 0.000000454. The van der Waals surface area contributed by atoms with Crippen molar-refractivity contribution in [3.63, 3.8) is 0 Å². The SMILES string of the molecule is COc1cc2nc(Nc3nc(O)c4ccccc4n3)nc(C)c2c(OC)c1OC.O=C(O)C(F)(F)F. The number of hydrogen-bond acceptors (Lipinski definition) is 10. The van der Waals surface area contributed by atoms with E-state index >= 15 is 0 Å². The molecule has 0 aliphatic heterocycles. The van der Waals surface area contributed by atoms with Crippen molar-refractivity contribution in [1.29, 1.82) is 0 Å². The van der Waals surface area contributed by atoms with E-state index in [4.69, 9.17) is 24.1 Å². The Hall–Kier alpha value is -4.62. The van der Waals surface area contributed by atoms with Crippen LogP contribution in [0, 0.1) is 6.92 Å². The average molecular weight is 507 g/mol. The number of ether oxygens (including phenoxy) is 3. The molecule has 0 saturated carbocycles. The summed E-state index contributed by atoms with van der Waals surface area (Å²) >= 11 is 0. The van der Waals surface area contributed by atoms with Gasteiger partial charge >= 0.3 is 12.1 Å². The number of nitrogens with one attached hydrogen (secondary N) is 1. The summed E-state index contributed by atoms with van der Waals surface area (Å²) < 4.78 is 48.1. The molecule has 36 heavy (non-hydrogen) atoms. The predicted molar refractivity (Wildman–Crippen MR) is 122 cm³/mol. The quantitative estimate of drug-likeness (QED) is 0.360. The van der Waals surface area contributed by atoms with Gasteiger partial charge in [0.25, 0.3) is 0 Å². The van der Waals surface area contributed by atoms with Crippen molar-refractivity contribution in [3.8, 4) is 23.1 Å². The van der Waals surface area contributed by atoms with Crippen molar-refractivity contribution in [2.24, 2.45) is 0 Å². The summed E-state index contributed by atoms with van der Waals surface area (Å²) in [7, 11) is 4.64. The lowest BCUT2D eigenvalue weighted by Crippen LogP contribution is -2.21. The lowest BCUT2D eigenvalue weighted by molar-refractivity contribution is -0.192. The molecule has 2 heterocycles. The summed E-state index contributed by atoms with van der Waals surface area (Å²) in [5, 5.41) is 21.5. The van der Waals surface area contributed by atoms with Gasteiger partial charge in [-0.25, -0.2) is 19.7 Å². The molecule has 190 valence electrons. The number of aryl methyl sites for hydroxylation is 1. The van der Waals surface area contributed by atoms with Crippen molar-refractivity contribution in [1.82, 2.24) is 19.9 Å². The van der Waals surface area contributed by atoms with Crippen LogP contribution in [0.3, 0.4) is 0 Å². The Morgan fingerprint density at radius 1 is 0.917 bits per heavy atom. The molecular weight excluding hydrogens is 487 g/mol. The standard InChI is InChI=1S/C20H19N5O4.C2HF3O2/c1-10-15-13(9-14(27-2)16(28-3)17(15)29-4)23-19(21-10)25-20-22-12-8-6-5-7-11(12)18(26)24-20;3-2(4,5)1(6)7/h5-9H,1-4H3,(H2,21,22,23,24,25,26);(H,6,7). The summed E-state index contributed by atoms with van der Waals surface area (Å²) in [5.41, 5.74) is 1.87. The zero-order valence-corrected chi connectivity index (χ0v) is 19.3. The van der Waals surface area contributed by atoms with Gasteiger partial charge < -0.3 is 24.4 Å². The zero-order valence-electron chi connectivity index (χ0n) is 19.3. The highest BCUT2D eigenvalue weighted by Gasteiger charge is 2.38. The van der Waals surface area contributed by atoms with E-state index in [1.165, 1.54) is 0 Å². The molecule has 0 unspecified atom stereocenters. The molecule has 0 radical (unpaired) electrons. The van der Waals surface area contributed by atoms with Crippen molar-refractivity contribution in [2.45, 2.75) is 13.1 Å². The van der Waals surface area contributed by atoms with Crippen LogP contribution in [0.25, 0.3) is 21.8 Å². The minimum absolute atomic E-state index is 0.122. The van der Waals surface area contributed by atoms with Gasteiger partial charge in [-0.05, 0) is 19.1 Å². The lowest BCUT2D eigenvalue weighted by atomic mass is 10.1. The van der Waals surface area contributed by atoms with Crippen LogP contribution in [0.15, 0.2) is 30.3 Å². The van der Waals surface area contributed by atoms with Gasteiger partial charge in [0.15, 0.2) is 11.5 Å². The summed E-state index contributed by atoms with van der Waals surface area (Å²) in [6, 6.07) is 8.92. The number of alkyl halides is 3. The molecule has 11 nitrogen and oxygen atoms in total. The van der Waals surface area contributed by atoms with Gasteiger partial charge in [0.05, 0.1) is 48.8 Å². The second-order valence-electron chi connectivity index (χ2n) is 6.99. The number of halogens is 3. The molecule has 3 N–H and O–H groups in total. The molecule has 0 amide bonds. The molecule has 0 atom stereocenters. The van der Waals surface area contributed by atoms with Crippen LogP contribution < -0.4 is 19.5 Å². The van der Waals surface area contributed by atoms with Crippen LogP contribution in [0.2, 0.25) is 0 Å². The highest BCUT2D eigenvalue weighted by molar-refractivity contribution is 5.93. The lowest BCUT2D eigenvalue weighted by Gasteiger charge is -2.16. The molecule has 0 aliphatic carbocycles. The van der Waals surface area contributed by atoms with Crippen molar-refractivity contribution in [3.05, 3.63) is 36.0 Å². The maximum atomic E-state index is 10.6. The second kappa shape index (κ2) is 10.3. The number of methoxy groups -OCH3 is 3. The van der Waals surface area contributed by atoms with Crippen LogP contribution in [0.1, 0.15) is 5.69 Å². The number of aromatic nitrogens is 4. The van der Waals surface area contributed by atoms with Gasteiger partial charge in [0.2, 0.25) is 23.5 Å². The van der Waals surface area contributed by atoms with Crippen molar-refractivity contribution >= 4 is 39.7 Å². The van der Waals surface area contributed by atoms with Crippen molar-refractivity contribution in [2.75, 3.05) is 26.6 Å².